The van der Waals surface area contributed by atoms with Gasteiger partial charge in [0.15, 0.2) is 0 Å². The molecule has 11 heteroatoms. The van der Waals surface area contributed by atoms with Crippen LogP contribution in [-0.4, -0.2) is 43.8 Å². The van der Waals surface area contributed by atoms with E-state index >= 15 is 0 Å². The summed E-state index contributed by atoms with van der Waals surface area (Å²) in [5, 5.41) is 3.12. The average Bonchev–Trinajstić information content (AvgIpc) is 3.59. The Hall–Kier alpha value is -4.64. The topological polar surface area (TPSA) is 86.8 Å². The SMILES string of the molecule is Cc1ccc(S(=O)(=O)N(CC(=O)N(Cc2ccccc2C)[C@H](Cc2ccccc2)C(=O)NC2CCCC2)c2cccc(C(F)(F)F)c2)cc1. The van der Waals surface area contributed by atoms with E-state index in [4.69, 9.17) is 0 Å². The predicted octanol–water partition coefficient (Wildman–Crippen LogP) is 7.22. The number of anilines is 1. The number of carbonyl (C=O) groups excluding carboxylic acids is 2. The van der Waals surface area contributed by atoms with E-state index in [0.29, 0.717) is 4.31 Å². The van der Waals surface area contributed by atoms with Crippen LogP contribution in [0.4, 0.5) is 18.9 Å². The largest absolute Gasteiger partial charge is 0.416 e. The third-order valence-corrected chi connectivity index (χ3v) is 10.7. The summed E-state index contributed by atoms with van der Waals surface area (Å²) in [4.78, 5) is 30.0. The van der Waals surface area contributed by atoms with Crippen molar-refractivity contribution >= 4 is 27.5 Å². The molecule has 7 nitrogen and oxygen atoms in total. The highest BCUT2D eigenvalue weighted by molar-refractivity contribution is 7.92. The van der Waals surface area contributed by atoms with Gasteiger partial charge in [0.05, 0.1) is 16.1 Å². The Balaban J connectivity index is 1.60. The summed E-state index contributed by atoms with van der Waals surface area (Å²) in [6, 6.07) is 25.2. The molecule has 4 aromatic carbocycles. The maximum atomic E-state index is 14.6. The van der Waals surface area contributed by atoms with E-state index in [-0.39, 0.29) is 35.5 Å². The number of halogens is 3. The summed E-state index contributed by atoms with van der Waals surface area (Å²) in [7, 11) is -4.55. The third-order valence-electron chi connectivity index (χ3n) is 8.92. The molecule has 5 rings (SSSR count). The molecule has 1 aliphatic carbocycles. The quantitative estimate of drug-likeness (QED) is 0.170. The number of carbonyl (C=O) groups is 2. The second-order valence-electron chi connectivity index (χ2n) is 12.5. The van der Waals surface area contributed by atoms with Crippen LogP contribution in [0.25, 0.3) is 0 Å². The minimum absolute atomic E-state index is 0.0257. The van der Waals surface area contributed by atoms with Crippen molar-refractivity contribution in [2.75, 3.05) is 10.8 Å². The number of nitrogens with one attached hydrogen (secondary N) is 1. The van der Waals surface area contributed by atoms with Crippen LogP contribution in [0, 0.1) is 13.8 Å². The van der Waals surface area contributed by atoms with Crippen molar-refractivity contribution in [2.24, 2.45) is 0 Å². The monoisotopic (exact) mass is 691 g/mol. The summed E-state index contributed by atoms with van der Waals surface area (Å²) in [6.45, 7) is 2.78. The van der Waals surface area contributed by atoms with Gasteiger partial charge in [-0.3, -0.25) is 13.9 Å². The van der Waals surface area contributed by atoms with Crippen LogP contribution in [0.5, 0.6) is 0 Å². The zero-order valence-corrected chi connectivity index (χ0v) is 28.3. The van der Waals surface area contributed by atoms with E-state index in [1.165, 1.54) is 23.1 Å². The summed E-state index contributed by atoms with van der Waals surface area (Å²) in [5.41, 5.74) is 1.79. The molecule has 1 fully saturated rings. The number of rotatable bonds is 12. The molecular weight excluding hydrogens is 651 g/mol. The Morgan fingerprint density at radius 2 is 1.51 bits per heavy atom. The fraction of sp³-hybridized carbons (Fsp3) is 0.316. The Morgan fingerprint density at radius 3 is 2.16 bits per heavy atom. The van der Waals surface area contributed by atoms with Crippen LogP contribution in [0.3, 0.4) is 0 Å². The van der Waals surface area contributed by atoms with E-state index in [2.05, 4.69) is 5.32 Å². The lowest BCUT2D eigenvalue weighted by Crippen LogP contribution is -2.54. The summed E-state index contributed by atoms with van der Waals surface area (Å²) in [6.07, 6.45) is -1.03. The van der Waals surface area contributed by atoms with Gasteiger partial charge in [-0.1, -0.05) is 91.2 Å². The third kappa shape index (κ3) is 8.89. The van der Waals surface area contributed by atoms with Gasteiger partial charge in [0.2, 0.25) is 11.8 Å². The summed E-state index contributed by atoms with van der Waals surface area (Å²) < 4.78 is 70.6. The first kappa shape index (κ1) is 35.7. The van der Waals surface area contributed by atoms with Gasteiger partial charge in [-0.05, 0) is 73.7 Å². The van der Waals surface area contributed by atoms with Crippen molar-refractivity contribution in [2.45, 2.75) is 75.7 Å². The van der Waals surface area contributed by atoms with E-state index in [9.17, 15) is 31.2 Å². The zero-order chi connectivity index (χ0) is 35.2. The molecule has 1 saturated carbocycles. The highest BCUT2D eigenvalue weighted by Crippen LogP contribution is 2.33. The van der Waals surface area contributed by atoms with Crippen LogP contribution in [-0.2, 0) is 38.8 Å². The molecule has 0 radical (unpaired) electrons. The van der Waals surface area contributed by atoms with Crippen LogP contribution >= 0.6 is 0 Å². The van der Waals surface area contributed by atoms with Crippen LogP contribution < -0.4 is 9.62 Å². The van der Waals surface area contributed by atoms with E-state index in [0.717, 1.165) is 66.1 Å². The van der Waals surface area contributed by atoms with Gasteiger partial charge >= 0.3 is 6.18 Å². The molecule has 0 unspecified atom stereocenters. The number of amides is 2. The number of alkyl halides is 3. The molecule has 1 atom stereocenters. The molecule has 49 heavy (non-hydrogen) atoms. The van der Waals surface area contributed by atoms with Crippen molar-refractivity contribution in [3.63, 3.8) is 0 Å². The second-order valence-corrected chi connectivity index (χ2v) is 14.4. The van der Waals surface area contributed by atoms with Gasteiger partial charge in [0.25, 0.3) is 10.0 Å². The number of hydrogen-bond acceptors (Lipinski definition) is 4. The maximum absolute atomic E-state index is 14.6. The van der Waals surface area contributed by atoms with Gasteiger partial charge in [-0.25, -0.2) is 8.42 Å². The molecule has 4 aromatic rings. The first-order valence-electron chi connectivity index (χ1n) is 16.3. The molecule has 0 bridgehead atoms. The molecule has 1 N–H and O–H groups in total. The minimum Gasteiger partial charge on any atom is -0.352 e. The van der Waals surface area contributed by atoms with E-state index in [1.54, 1.807) is 19.1 Å². The number of nitrogens with zero attached hydrogens (tertiary/aromatic N) is 2. The number of sulfonamides is 1. The second kappa shape index (κ2) is 15.3. The first-order valence-corrected chi connectivity index (χ1v) is 17.7. The number of aryl methyl sites for hydroxylation is 2. The van der Waals surface area contributed by atoms with Gasteiger partial charge in [0, 0.05) is 19.0 Å². The number of hydrogen-bond donors (Lipinski definition) is 1. The number of benzene rings is 4. The Labute approximate surface area is 285 Å². The highest BCUT2D eigenvalue weighted by Gasteiger charge is 2.37. The maximum Gasteiger partial charge on any atom is 0.416 e. The average molecular weight is 692 g/mol. The van der Waals surface area contributed by atoms with Crippen molar-refractivity contribution in [3.05, 3.63) is 131 Å². The van der Waals surface area contributed by atoms with Crippen LogP contribution in [0.2, 0.25) is 0 Å². The van der Waals surface area contributed by atoms with E-state index < -0.39 is 40.3 Å². The zero-order valence-electron chi connectivity index (χ0n) is 27.5. The molecule has 0 aromatic heterocycles. The fourth-order valence-electron chi connectivity index (χ4n) is 6.10. The smallest absolute Gasteiger partial charge is 0.352 e. The van der Waals surface area contributed by atoms with Crippen molar-refractivity contribution in [1.82, 2.24) is 10.2 Å². The molecule has 1 aliphatic rings. The normalized spacial score (nSPS) is 14.3. The lowest BCUT2D eigenvalue weighted by Gasteiger charge is -2.34. The molecule has 0 spiro atoms. The summed E-state index contributed by atoms with van der Waals surface area (Å²) in [5.74, 6) is -1.11. The lowest BCUT2D eigenvalue weighted by atomic mass is 10.0. The predicted molar refractivity (Wildman–Crippen MR) is 183 cm³/mol. The molecule has 2 amide bonds. The Bertz CT molecular complexity index is 1860. The molecule has 0 heterocycles. The minimum atomic E-state index is -4.75. The molecule has 258 valence electrons. The van der Waals surface area contributed by atoms with Gasteiger partial charge in [0.1, 0.15) is 12.6 Å². The van der Waals surface area contributed by atoms with Gasteiger partial charge in [-0.2, -0.15) is 13.2 Å². The van der Waals surface area contributed by atoms with Crippen molar-refractivity contribution in [1.29, 1.82) is 0 Å². The highest BCUT2D eigenvalue weighted by atomic mass is 32.2. The molecule has 0 saturated heterocycles. The Morgan fingerprint density at radius 1 is 0.857 bits per heavy atom. The Kier molecular flexibility index (Phi) is 11.1. The molecule has 0 aliphatic heterocycles. The standard InChI is InChI=1S/C38H40F3N3O4S/c1-27-19-21-34(22-20-27)49(47,48)44(33-18-10-15-31(24-33)38(39,40)41)26-36(45)43(25-30-14-7-6-11-28(30)2)35(23-29-12-4-3-5-13-29)37(46)42-32-16-8-9-17-32/h3-7,10-15,18-22,24,32,35H,8-9,16-17,23,25-26H2,1-2H3,(H,42,46)/t35-/m1/s1. The van der Waals surface area contributed by atoms with Crippen LogP contribution in [0.1, 0.15) is 53.5 Å². The lowest BCUT2D eigenvalue weighted by molar-refractivity contribution is -0.140. The van der Waals surface area contributed by atoms with Crippen molar-refractivity contribution < 1.29 is 31.2 Å². The van der Waals surface area contributed by atoms with Crippen LogP contribution in [0.15, 0.2) is 108 Å². The first-order chi connectivity index (χ1) is 23.3. The van der Waals surface area contributed by atoms with E-state index in [1.807, 2.05) is 61.5 Å². The fourth-order valence-corrected chi connectivity index (χ4v) is 7.50. The molecular formula is C38H40F3N3O4S. The van der Waals surface area contributed by atoms with Crippen molar-refractivity contribution in [3.8, 4) is 0 Å². The summed E-state index contributed by atoms with van der Waals surface area (Å²) >= 11 is 0. The van der Waals surface area contributed by atoms with Gasteiger partial charge in [-0.15, -0.1) is 0 Å². The van der Waals surface area contributed by atoms with Gasteiger partial charge < -0.3 is 10.2 Å².